The molecule has 0 bridgehead atoms. The van der Waals surface area contributed by atoms with Crippen molar-refractivity contribution in [3.63, 3.8) is 0 Å². The van der Waals surface area contributed by atoms with Crippen molar-refractivity contribution in [3.05, 3.63) is 6.92 Å². The Labute approximate surface area is 43.3 Å². The lowest BCUT2D eigenvalue weighted by Gasteiger charge is -1.73. The summed E-state index contributed by atoms with van der Waals surface area (Å²) in [5.41, 5.74) is 0. The predicted molar refractivity (Wildman–Crippen MR) is 28.1 cm³/mol. The fourth-order valence-electron chi connectivity index (χ4n) is 0.181. The van der Waals surface area contributed by atoms with Crippen LogP contribution in [0.1, 0.15) is 12.8 Å². The average molecular weight is 97.1 g/mol. The van der Waals surface area contributed by atoms with Gasteiger partial charge in [0.25, 0.3) is 0 Å². The molecule has 0 aliphatic rings. The Hall–Kier alpha value is -0.660. The van der Waals surface area contributed by atoms with E-state index in [1.165, 1.54) is 0 Å². The van der Waals surface area contributed by atoms with Crippen molar-refractivity contribution in [2.75, 3.05) is 0 Å². The smallest absolute Gasteiger partial charge is 0.233 e. The minimum Gasteiger partial charge on any atom is -0.276 e. The minimum atomic E-state index is 0.468. The van der Waals surface area contributed by atoms with Crippen LogP contribution in [-0.2, 0) is 4.79 Å². The Morgan fingerprint density at radius 3 is 3.00 bits per heavy atom. The highest BCUT2D eigenvalue weighted by Gasteiger charge is 1.70. The van der Waals surface area contributed by atoms with Crippen molar-refractivity contribution in [1.29, 1.82) is 0 Å². The highest BCUT2D eigenvalue weighted by atomic mass is 16.1. The van der Waals surface area contributed by atoms with Crippen LogP contribution in [0.25, 0.3) is 0 Å². The Bertz CT molecular complexity index is 68.5. The molecule has 0 aromatic heterocycles. The molecular weight excluding hydrogens is 90.1 g/mol. The number of aliphatic imine (C=N–C) groups is 1. The summed E-state index contributed by atoms with van der Waals surface area (Å²) in [6.45, 7) is 3.52. The van der Waals surface area contributed by atoms with Crippen LogP contribution in [0.3, 0.4) is 0 Å². The minimum absolute atomic E-state index is 0.468. The maximum Gasteiger partial charge on any atom is 0.233 e. The summed E-state index contributed by atoms with van der Waals surface area (Å²) >= 11 is 0. The van der Waals surface area contributed by atoms with Gasteiger partial charge in [-0.05, 0) is 12.8 Å². The van der Waals surface area contributed by atoms with Crippen LogP contribution in [0.15, 0.2) is 4.99 Å². The van der Waals surface area contributed by atoms with Gasteiger partial charge >= 0.3 is 0 Å². The van der Waals surface area contributed by atoms with Gasteiger partial charge in [-0.1, -0.05) is 6.92 Å². The maximum absolute atomic E-state index is 9.43. The summed E-state index contributed by atoms with van der Waals surface area (Å²) < 4.78 is 0. The number of amides is 1. The van der Waals surface area contributed by atoms with Crippen molar-refractivity contribution >= 4 is 12.6 Å². The second kappa shape index (κ2) is 5.34. The molecule has 2 nitrogen and oxygen atoms in total. The van der Waals surface area contributed by atoms with Gasteiger partial charge in [0, 0.05) is 0 Å². The predicted octanol–water partition coefficient (Wildman–Crippen LogP) is 0.705. The van der Waals surface area contributed by atoms with Crippen molar-refractivity contribution in [2.24, 2.45) is 4.99 Å². The van der Waals surface area contributed by atoms with Gasteiger partial charge in [-0.3, -0.25) is 4.79 Å². The van der Waals surface area contributed by atoms with E-state index in [-0.39, 0.29) is 0 Å². The molecule has 0 aliphatic heterocycles. The number of carbonyl (C=O) groups is 1. The van der Waals surface area contributed by atoms with Crippen LogP contribution in [0, 0.1) is 6.92 Å². The van der Waals surface area contributed by atoms with Gasteiger partial charge in [-0.2, -0.15) is 0 Å². The first-order chi connectivity index (χ1) is 3.41. The van der Waals surface area contributed by atoms with Crippen molar-refractivity contribution in [3.8, 4) is 0 Å². The standard InChI is InChI=1S/C5H7NO/c1-2-3-4-6-5-7/h5H,1-3H2. The third-order valence-electron chi connectivity index (χ3n) is 0.433. The van der Waals surface area contributed by atoms with Gasteiger partial charge < -0.3 is 0 Å². The second-order valence-electron chi connectivity index (χ2n) is 0.996. The highest BCUT2D eigenvalue weighted by Crippen LogP contribution is 1.77. The third kappa shape index (κ3) is 5.34. The fourth-order valence-corrected chi connectivity index (χ4v) is 0.181. The van der Waals surface area contributed by atoms with Crippen molar-refractivity contribution in [1.82, 2.24) is 0 Å². The summed E-state index contributed by atoms with van der Waals surface area (Å²) in [6, 6.07) is 0. The molecule has 0 aromatic rings. The Morgan fingerprint density at radius 1 is 1.86 bits per heavy atom. The largest absolute Gasteiger partial charge is 0.276 e. The SMILES string of the molecule is [CH2]CC/[C]=N/C=O. The number of nitrogens with zero attached hydrogens (tertiary/aromatic N) is 1. The van der Waals surface area contributed by atoms with E-state index in [2.05, 4.69) is 18.1 Å². The summed E-state index contributed by atoms with van der Waals surface area (Å²) in [6.07, 6.45) is 4.36. The fraction of sp³-hybridized carbons (Fsp3) is 0.400. The van der Waals surface area contributed by atoms with E-state index in [9.17, 15) is 4.79 Å². The van der Waals surface area contributed by atoms with E-state index in [0.29, 0.717) is 12.8 Å². The van der Waals surface area contributed by atoms with Gasteiger partial charge in [0.1, 0.15) is 0 Å². The molecule has 0 aromatic carbocycles. The van der Waals surface area contributed by atoms with E-state index in [4.69, 9.17) is 0 Å². The van der Waals surface area contributed by atoms with Crippen LogP contribution in [0.5, 0.6) is 0 Å². The third-order valence-corrected chi connectivity index (χ3v) is 0.433. The molecule has 0 unspecified atom stereocenters. The molecule has 2 radical (unpaired) electrons. The Balaban J connectivity index is 2.92. The molecule has 0 saturated carbocycles. The lowest BCUT2D eigenvalue weighted by Crippen LogP contribution is -1.71. The lowest BCUT2D eigenvalue weighted by molar-refractivity contribution is -0.106. The van der Waals surface area contributed by atoms with E-state index in [1.807, 2.05) is 0 Å². The number of hydrogen-bond donors (Lipinski definition) is 0. The van der Waals surface area contributed by atoms with Gasteiger partial charge in [0.2, 0.25) is 6.41 Å². The van der Waals surface area contributed by atoms with Crippen LogP contribution < -0.4 is 0 Å². The van der Waals surface area contributed by atoms with E-state index >= 15 is 0 Å². The lowest BCUT2D eigenvalue weighted by atomic mass is 10.4. The topological polar surface area (TPSA) is 29.4 Å². The van der Waals surface area contributed by atoms with Crippen LogP contribution >= 0.6 is 0 Å². The summed E-state index contributed by atoms with van der Waals surface area (Å²) in [5, 5.41) is 0. The van der Waals surface area contributed by atoms with Crippen molar-refractivity contribution in [2.45, 2.75) is 12.8 Å². The molecule has 0 rings (SSSR count). The molecule has 2 heteroatoms. The van der Waals surface area contributed by atoms with Crippen molar-refractivity contribution < 1.29 is 4.79 Å². The number of unbranched alkanes of at least 4 members (excludes halogenated alkanes) is 1. The summed E-state index contributed by atoms with van der Waals surface area (Å²) in [4.78, 5) is 12.6. The zero-order valence-corrected chi connectivity index (χ0v) is 4.05. The molecule has 0 heterocycles. The van der Waals surface area contributed by atoms with E-state index < -0.39 is 0 Å². The first-order valence-corrected chi connectivity index (χ1v) is 2.07. The van der Waals surface area contributed by atoms with Gasteiger partial charge in [-0.15, -0.1) is 0 Å². The van der Waals surface area contributed by atoms with Crippen LogP contribution in [-0.4, -0.2) is 12.6 Å². The zero-order chi connectivity index (χ0) is 5.54. The average Bonchev–Trinajstić information content (AvgIpc) is 1.69. The van der Waals surface area contributed by atoms with E-state index in [0.717, 1.165) is 6.42 Å². The molecular formula is C5H7NO. The molecule has 0 saturated heterocycles. The monoisotopic (exact) mass is 97.1 g/mol. The van der Waals surface area contributed by atoms with Gasteiger partial charge in [0.05, 0.1) is 6.21 Å². The van der Waals surface area contributed by atoms with E-state index in [1.54, 1.807) is 0 Å². The molecule has 38 valence electrons. The molecule has 0 spiro atoms. The van der Waals surface area contributed by atoms with Gasteiger partial charge in [-0.25, -0.2) is 4.99 Å². The molecule has 0 fully saturated rings. The zero-order valence-electron chi connectivity index (χ0n) is 4.05. The molecule has 7 heavy (non-hydrogen) atoms. The quantitative estimate of drug-likeness (QED) is 0.376. The van der Waals surface area contributed by atoms with Crippen LogP contribution in [0.4, 0.5) is 0 Å². The normalized spacial score (nSPS) is 9.86. The molecule has 0 N–H and O–H groups in total. The second-order valence-corrected chi connectivity index (χ2v) is 0.996. The summed E-state index contributed by atoms with van der Waals surface area (Å²) in [5.74, 6) is 0. The number of carbonyl (C=O) groups excluding carboxylic acids is 1. The summed E-state index contributed by atoms with van der Waals surface area (Å²) in [7, 11) is 0. The number of hydrogen-bond acceptors (Lipinski definition) is 1. The Morgan fingerprint density at radius 2 is 2.57 bits per heavy atom. The van der Waals surface area contributed by atoms with Gasteiger partial charge in [0.15, 0.2) is 0 Å². The first kappa shape index (κ1) is 6.34. The highest BCUT2D eigenvalue weighted by molar-refractivity contribution is 5.69. The van der Waals surface area contributed by atoms with Crippen LogP contribution in [0.2, 0.25) is 0 Å². The maximum atomic E-state index is 9.43. The first-order valence-electron chi connectivity index (χ1n) is 2.07. The Kier molecular flexibility index (Phi) is 4.84. The molecule has 0 atom stereocenters. The number of rotatable bonds is 3. The molecule has 0 aliphatic carbocycles. The molecule has 1 amide bonds.